The summed E-state index contributed by atoms with van der Waals surface area (Å²) in [7, 11) is 0. The fraction of sp³-hybridized carbons (Fsp3) is 0.385. The normalized spacial score (nSPS) is 25.9. The Morgan fingerprint density at radius 3 is 2.75 bits per heavy atom. The Morgan fingerprint density at radius 1 is 1.19 bits per heavy atom. The molecule has 2 unspecified atom stereocenters. The number of rotatable bonds is 3. The molecule has 32 heavy (non-hydrogen) atoms. The summed E-state index contributed by atoms with van der Waals surface area (Å²) >= 11 is 0. The molecular formula is C26H29N5O. The van der Waals surface area contributed by atoms with Gasteiger partial charge in [0.15, 0.2) is 6.17 Å². The first-order chi connectivity index (χ1) is 15.3. The van der Waals surface area contributed by atoms with Gasteiger partial charge in [-0.1, -0.05) is 25.1 Å². The summed E-state index contributed by atoms with van der Waals surface area (Å²) in [6.07, 6.45) is 4.95. The predicted octanol–water partition coefficient (Wildman–Crippen LogP) is 4.93. The predicted molar refractivity (Wildman–Crippen MR) is 125 cm³/mol. The molecule has 6 nitrogen and oxygen atoms in total. The minimum absolute atomic E-state index is 0.0123. The van der Waals surface area contributed by atoms with E-state index in [4.69, 9.17) is 0 Å². The number of amides is 1. The van der Waals surface area contributed by atoms with Crippen molar-refractivity contribution < 1.29 is 4.79 Å². The van der Waals surface area contributed by atoms with Crippen LogP contribution >= 0.6 is 0 Å². The van der Waals surface area contributed by atoms with Crippen LogP contribution in [0.3, 0.4) is 0 Å². The van der Waals surface area contributed by atoms with Crippen molar-refractivity contribution in [2.45, 2.75) is 64.6 Å². The van der Waals surface area contributed by atoms with Crippen LogP contribution in [0, 0.1) is 6.92 Å². The second-order valence-corrected chi connectivity index (χ2v) is 9.66. The minimum Gasteiger partial charge on any atom is -0.362 e. The molecule has 1 aromatic carbocycles. The molecule has 0 radical (unpaired) electrons. The molecule has 0 fully saturated rings. The van der Waals surface area contributed by atoms with Gasteiger partial charge in [-0.25, -0.2) is 0 Å². The highest BCUT2D eigenvalue weighted by atomic mass is 16.2. The zero-order valence-corrected chi connectivity index (χ0v) is 19.3. The van der Waals surface area contributed by atoms with E-state index >= 15 is 0 Å². The number of carbonyl (C=O) groups is 1. The van der Waals surface area contributed by atoms with Crippen LogP contribution in [-0.2, 0) is 10.2 Å². The van der Waals surface area contributed by atoms with Crippen LogP contribution in [0.5, 0.6) is 0 Å². The Morgan fingerprint density at radius 2 is 2.00 bits per heavy atom. The monoisotopic (exact) mass is 427 g/mol. The molecule has 2 N–H and O–H groups in total. The SMILES string of the molecule is CCC1(c2cccc(-c3ccncc3C)c2)C2=C(CC(C)(C)NC2=O)NC2N=NC(C)=C21. The molecule has 3 aliphatic rings. The molecule has 5 rings (SSSR count). The quantitative estimate of drug-likeness (QED) is 0.729. The number of carbonyl (C=O) groups excluding carboxylic acids is 1. The highest BCUT2D eigenvalue weighted by Gasteiger charge is 2.54. The van der Waals surface area contributed by atoms with Gasteiger partial charge in [0, 0.05) is 35.6 Å². The lowest BCUT2D eigenvalue weighted by Crippen LogP contribution is -2.58. The number of aromatic nitrogens is 1. The van der Waals surface area contributed by atoms with Crippen molar-refractivity contribution in [2.24, 2.45) is 10.2 Å². The molecule has 3 aliphatic heterocycles. The largest absolute Gasteiger partial charge is 0.362 e. The molecular weight excluding hydrogens is 398 g/mol. The summed E-state index contributed by atoms with van der Waals surface area (Å²) in [4.78, 5) is 17.8. The molecule has 0 saturated carbocycles. The van der Waals surface area contributed by atoms with Crippen LogP contribution in [0.4, 0.5) is 0 Å². The highest BCUT2D eigenvalue weighted by molar-refractivity contribution is 6.00. The lowest BCUT2D eigenvalue weighted by Gasteiger charge is -2.48. The number of allylic oxidation sites excluding steroid dienone is 1. The molecule has 164 valence electrons. The lowest BCUT2D eigenvalue weighted by molar-refractivity contribution is -0.120. The molecule has 1 aromatic heterocycles. The van der Waals surface area contributed by atoms with Crippen LogP contribution < -0.4 is 10.6 Å². The Kier molecular flexibility index (Phi) is 4.59. The Labute approximate surface area is 188 Å². The van der Waals surface area contributed by atoms with Gasteiger partial charge in [0.2, 0.25) is 0 Å². The first-order valence-corrected chi connectivity index (χ1v) is 11.2. The fourth-order valence-corrected chi connectivity index (χ4v) is 5.67. The number of pyridine rings is 1. The molecule has 0 spiro atoms. The first kappa shape index (κ1) is 20.6. The number of fused-ring (bicyclic) bond motifs is 1. The van der Waals surface area contributed by atoms with Crippen molar-refractivity contribution in [2.75, 3.05) is 0 Å². The fourth-order valence-electron chi connectivity index (χ4n) is 5.67. The van der Waals surface area contributed by atoms with Crippen molar-refractivity contribution in [3.63, 3.8) is 0 Å². The number of nitrogens with zero attached hydrogens (tertiary/aromatic N) is 3. The van der Waals surface area contributed by atoms with Crippen LogP contribution in [0.25, 0.3) is 11.1 Å². The smallest absolute Gasteiger partial charge is 0.250 e. The van der Waals surface area contributed by atoms with E-state index in [-0.39, 0.29) is 17.6 Å². The standard InChI is InChI=1S/C26H29N5O/c1-6-26(18-9-7-8-17(12-18)19-10-11-27-14-15(19)2)21-16(3)30-31-23(21)28-20-13-25(4,5)29-24(32)22(20)26/h7-12,14,23,28H,6,13H2,1-5H3,(H,29,32). The summed E-state index contributed by atoms with van der Waals surface area (Å²) in [6, 6.07) is 10.6. The zero-order chi connectivity index (χ0) is 22.7. The van der Waals surface area contributed by atoms with Crippen LogP contribution in [0.15, 0.2) is 75.5 Å². The average Bonchev–Trinajstić information content (AvgIpc) is 3.12. The summed E-state index contributed by atoms with van der Waals surface area (Å²) in [5, 5.41) is 15.7. The Bertz CT molecular complexity index is 1220. The third kappa shape index (κ3) is 2.93. The molecule has 6 heteroatoms. The molecule has 0 aliphatic carbocycles. The summed E-state index contributed by atoms with van der Waals surface area (Å²) < 4.78 is 0. The van der Waals surface area contributed by atoms with Gasteiger partial charge in [-0.05, 0) is 68.5 Å². The third-order valence-electron chi connectivity index (χ3n) is 7.00. The van der Waals surface area contributed by atoms with E-state index in [9.17, 15) is 4.79 Å². The van der Waals surface area contributed by atoms with E-state index in [0.717, 1.165) is 57.6 Å². The van der Waals surface area contributed by atoms with E-state index in [1.807, 2.05) is 25.4 Å². The molecule has 0 bridgehead atoms. The number of benzene rings is 1. The van der Waals surface area contributed by atoms with Gasteiger partial charge < -0.3 is 10.6 Å². The maximum absolute atomic E-state index is 13.6. The average molecular weight is 428 g/mol. The molecule has 4 heterocycles. The lowest BCUT2D eigenvalue weighted by atomic mass is 9.61. The Hall–Kier alpha value is -3.28. The van der Waals surface area contributed by atoms with Gasteiger partial charge in [0.1, 0.15) is 0 Å². The second-order valence-electron chi connectivity index (χ2n) is 9.66. The molecule has 2 atom stereocenters. The number of azo groups is 1. The van der Waals surface area contributed by atoms with Crippen molar-refractivity contribution in [3.8, 4) is 11.1 Å². The molecule has 2 aromatic rings. The van der Waals surface area contributed by atoms with Crippen LogP contribution in [-0.4, -0.2) is 22.6 Å². The van der Waals surface area contributed by atoms with Gasteiger partial charge in [-0.3, -0.25) is 9.78 Å². The van der Waals surface area contributed by atoms with E-state index < -0.39 is 5.41 Å². The number of hydrogen-bond donors (Lipinski definition) is 2. The summed E-state index contributed by atoms with van der Waals surface area (Å²) in [6.45, 7) is 10.3. The van der Waals surface area contributed by atoms with E-state index in [0.29, 0.717) is 0 Å². The minimum atomic E-state index is -0.587. The van der Waals surface area contributed by atoms with Gasteiger partial charge in [-0.15, -0.1) is 0 Å². The van der Waals surface area contributed by atoms with Gasteiger partial charge in [0.05, 0.1) is 16.7 Å². The van der Waals surface area contributed by atoms with Crippen molar-refractivity contribution in [1.82, 2.24) is 15.6 Å². The van der Waals surface area contributed by atoms with Gasteiger partial charge in [0.25, 0.3) is 5.91 Å². The maximum atomic E-state index is 13.6. The molecule has 1 amide bonds. The summed E-state index contributed by atoms with van der Waals surface area (Å²) in [5.41, 5.74) is 7.34. The maximum Gasteiger partial charge on any atom is 0.250 e. The van der Waals surface area contributed by atoms with Crippen molar-refractivity contribution in [3.05, 3.63) is 76.4 Å². The zero-order valence-electron chi connectivity index (χ0n) is 19.3. The second kappa shape index (κ2) is 7.12. The van der Waals surface area contributed by atoms with E-state index in [1.165, 1.54) is 0 Å². The van der Waals surface area contributed by atoms with E-state index in [1.54, 1.807) is 0 Å². The van der Waals surface area contributed by atoms with Crippen LogP contribution in [0.1, 0.15) is 51.7 Å². The van der Waals surface area contributed by atoms with Crippen molar-refractivity contribution in [1.29, 1.82) is 0 Å². The van der Waals surface area contributed by atoms with Crippen molar-refractivity contribution >= 4 is 5.91 Å². The van der Waals surface area contributed by atoms with E-state index in [2.05, 4.69) is 77.8 Å². The van der Waals surface area contributed by atoms with Gasteiger partial charge in [-0.2, -0.15) is 10.2 Å². The van der Waals surface area contributed by atoms with Gasteiger partial charge >= 0.3 is 0 Å². The highest BCUT2D eigenvalue weighted by Crippen LogP contribution is 2.53. The topological polar surface area (TPSA) is 78.7 Å². The number of nitrogens with one attached hydrogen (secondary N) is 2. The number of hydrogen-bond acceptors (Lipinski definition) is 5. The van der Waals surface area contributed by atoms with Crippen LogP contribution in [0.2, 0.25) is 0 Å². The first-order valence-electron chi connectivity index (χ1n) is 11.2. The molecule has 0 saturated heterocycles. The number of aryl methyl sites for hydroxylation is 1. The summed E-state index contributed by atoms with van der Waals surface area (Å²) in [5.74, 6) is -0.0123. The Balaban J connectivity index is 1.78. The third-order valence-corrected chi connectivity index (χ3v) is 7.00.